The molecular weight excluding hydrogens is 290 g/mol. The minimum absolute atomic E-state index is 0.482. The SMILES string of the molecule is Brc1cccc2c(NC3CCCNC3)nccc12. The summed E-state index contributed by atoms with van der Waals surface area (Å²) in [5.74, 6) is 0.988. The van der Waals surface area contributed by atoms with Crippen molar-refractivity contribution in [2.45, 2.75) is 18.9 Å². The molecule has 0 saturated carbocycles. The normalized spacial score (nSPS) is 19.9. The fourth-order valence-corrected chi connectivity index (χ4v) is 2.95. The highest BCUT2D eigenvalue weighted by Crippen LogP contribution is 2.28. The van der Waals surface area contributed by atoms with Crippen LogP contribution in [-0.2, 0) is 0 Å². The fraction of sp³-hybridized carbons (Fsp3) is 0.357. The summed E-state index contributed by atoms with van der Waals surface area (Å²) in [4.78, 5) is 4.48. The number of piperidine rings is 1. The first-order valence-electron chi connectivity index (χ1n) is 6.35. The Hall–Kier alpha value is -1.13. The number of aromatic nitrogens is 1. The zero-order valence-electron chi connectivity index (χ0n) is 10.1. The molecule has 3 rings (SSSR count). The molecule has 1 saturated heterocycles. The van der Waals surface area contributed by atoms with Crippen molar-refractivity contribution in [3.05, 3.63) is 34.9 Å². The van der Waals surface area contributed by atoms with Crippen LogP contribution in [0.4, 0.5) is 5.82 Å². The number of benzene rings is 1. The van der Waals surface area contributed by atoms with Gasteiger partial charge in [0.05, 0.1) is 0 Å². The van der Waals surface area contributed by atoms with Crippen LogP contribution in [0.15, 0.2) is 34.9 Å². The molecule has 1 aliphatic rings. The Bertz CT molecular complexity index is 550. The maximum Gasteiger partial charge on any atom is 0.134 e. The molecular formula is C14H16BrN3. The second-order valence-electron chi connectivity index (χ2n) is 4.68. The summed E-state index contributed by atoms with van der Waals surface area (Å²) >= 11 is 3.59. The van der Waals surface area contributed by atoms with E-state index in [1.165, 1.54) is 23.6 Å². The summed E-state index contributed by atoms with van der Waals surface area (Å²) in [7, 11) is 0. The first-order valence-corrected chi connectivity index (χ1v) is 7.14. The zero-order valence-corrected chi connectivity index (χ0v) is 11.7. The van der Waals surface area contributed by atoms with E-state index in [1.807, 2.05) is 12.3 Å². The van der Waals surface area contributed by atoms with Gasteiger partial charge in [-0.05, 0) is 31.5 Å². The lowest BCUT2D eigenvalue weighted by atomic mass is 10.1. The van der Waals surface area contributed by atoms with E-state index < -0.39 is 0 Å². The van der Waals surface area contributed by atoms with Crippen LogP contribution in [0.1, 0.15) is 12.8 Å². The van der Waals surface area contributed by atoms with Gasteiger partial charge in [0.25, 0.3) is 0 Å². The molecule has 1 unspecified atom stereocenters. The number of fused-ring (bicyclic) bond motifs is 1. The van der Waals surface area contributed by atoms with E-state index >= 15 is 0 Å². The van der Waals surface area contributed by atoms with Gasteiger partial charge in [-0.25, -0.2) is 4.98 Å². The van der Waals surface area contributed by atoms with Crippen LogP contribution >= 0.6 is 15.9 Å². The summed E-state index contributed by atoms with van der Waals surface area (Å²) in [6, 6.07) is 8.76. The van der Waals surface area contributed by atoms with Crippen molar-refractivity contribution in [2.24, 2.45) is 0 Å². The highest BCUT2D eigenvalue weighted by atomic mass is 79.9. The molecule has 0 amide bonds. The third-order valence-electron chi connectivity index (χ3n) is 3.39. The van der Waals surface area contributed by atoms with Crippen molar-refractivity contribution in [3.8, 4) is 0 Å². The average molecular weight is 306 g/mol. The van der Waals surface area contributed by atoms with Gasteiger partial charge >= 0.3 is 0 Å². The third-order valence-corrected chi connectivity index (χ3v) is 4.08. The maximum atomic E-state index is 4.48. The molecule has 4 heteroatoms. The second-order valence-corrected chi connectivity index (χ2v) is 5.54. The molecule has 0 radical (unpaired) electrons. The predicted molar refractivity (Wildman–Crippen MR) is 79.0 cm³/mol. The third kappa shape index (κ3) is 2.35. The van der Waals surface area contributed by atoms with Crippen LogP contribution in [0.3, 0.4) is 0 Å². The van der Waals surface area contributed by atoms with E-state index in [4.69, 9.17) is 0 Å². The van der Waals surface area contributed by atoms with Crippen LogP contribution < -0.4 is 10.6 Å². The molecule has 2 N–H and O–H groups in total. The number of nitrogens with one attached hydrogen (secondary N) is 2. The molecule has 1 fully saturated rings. The van der Waals surface area contributed by atoms with Crippen molar-refractivity contribution in [2.75, 3.05) is 18.4 Å². The number of rotatable bonds is 2. The minimum atomic E-state index is 0.482. The molecule has 94 valence electrons. The first kappa shape index (κ1) is 11.9. The Labute approximate surface area is 115 Å². The monoisotopic (exact) mass is 305 g/mol. The second kappa shape index (κ2) is 5.24. The number of pyridine rings is 1. The molecule has 0 aliphatic carbocycles. The molecule has 0 bridgehead atoms. The lowest BCUT2D eigenvalue weighted by Gasteiger charge is -2.24. The van der Waals surface area contributed by atoms with Gasteiger partial charge in [0.15, 0.2) is 0 Å². The Kier molecular flexibility index (Phi) is 3.48. The molecule has 2 aromatic rings. The number of halogens is 1. The standard InChI is InChI=1S/C14H16BrN3/c15-13-5-1-4-12-11(13)6-8-17-14(12)18-10-3-2-7-16-9-10/h1,4-6,8,10,16H,2-3,7,9H2,(H,17,18). The van der Waals surface area contributed by atoms with E-state index in [-0.39, 0.29) is 0 Å². The van der Waals surface area contributed by atoms with Crippen molar-refractivity contribution in [3.63, 3.8) is 0 Å². The van der Waals surface area contributed by atoms with Gasteiger partial charge in [-0.3, -0.25) is 0 Å². The van der Waals surface area contributed by atoms with E-state index in [0.29, 0.717) is 6.04 Å². The summed E-state index contributed by atoms with van der Waals surface area (Å²) < 4.78 is 1.12. The molecule has 18 heavy (non-hydrogen) atoms. The number of hydrogen-bond donors (Lipinski definition) is 2. The van der Waals surface area contributed by atoms with Crippen LogP contribution in [-0.4, -0.2) is 24.1 Å². The summed E-state index contributed by atoms with van der Waals surface area (Å²) in [5, 5.41) is 9.36. The summed E-state index contributed by atoms with van der Waals surface area (Å²) in [6.07, 6.45) is 4.30. The maximum absolute atomic E-state index is 4.48. The topological polar surface area (TPSA) is 37.0 Å². The summed E-state index contributed by atoms with van der Waals surface area (Å²) in [6.45, 7) is 2.15. The fourth-order valence-electron chi connectivity index (χ4n) is 2.45. The predicted octanol–water partition coefficient (Wildman–Crippen LogP) is 3.16. The lowest BCUT2D eigenvalue weighted by molar-refractivity contribution is 0.479. The average Bonchev–Trinajstić information content (AvgIpc) is 2.41. The van der Waals surface area contributed by atoms with E-state index in [1.54, 1.807) is 0 Å². The van der Waals surface area contributed by atoms with Crippen LogP contribution in [0, 0.1) is 0 Å². The van der Waals surface area contributed by atoms with Crippen LogP contribution in [0.5, 0.6) is 0 Å². The Morgan fingerprint density at radius 2 is 2.22 bits per heavy atom. The lowest BCUT2D eigenvalue weighted by Crippen LogP contribution is -2.38. The Balaban J connectivity index is 1.93. The van der Waals surface area contributed by atoms with Crippen molar-refractivity contribution in [1.82, 2.24) is 10.3 Å². The van der Waals surface area contributed by atoms with Crippen LogP contribution in [0.2, 0.25) is 0 Å². The highest BCUT2D eigenvalue weighted by molar-refractivity contribution is 9.10. The molecule has 3 nitrogen and oxygen atoms in total. The largest absolute Gasteiger partial charge is 0.366 e. The number of hydrogen-bond acceptors (Lipinski definition) is 3. The van der Waals surface area contributed by atoms with Gasteiger partial charge in [0.2, 0.25) is 0 Å². The number of nitrogens with zero attached hydrogens (tertiary/aromatic N) is 1. The van der Waals surface area contributed by atoms with Gasteiger partial charge in [0, 0.05) is 34.0 Å². The molecule has 1 aliphatic heterocycles. The Morgan fingerprint density at radius 3 is 3.06 bits per heavy atom. The van der Waals surface area contributed by atoms with Crippen molar-refractivity contribution >= 4 is 32.5 Å². The quantitative estimate of drug-likeness (QED) is 0.895. The molecule has 2 heterocycles. The van der Waals surface area contributed by atoms with E-state index in [2.05, 4.69) is 49.7 Å². The van der Waals surface area contributed by atoms with Gasteiger partial charge in [-0.2, -0.15) is 0 Å². The van der Waals surface area contributed by atoms with Crippen molar-refractivity contribution in [1.29, 1.82) is 0 Å². The van der Waals surface area contributed by atoms with Gasteiger partial charge in [-0.15, -0.1) is 0 Å². The smallest absolute Gasteiger partial charge is 0.134 e. The van der Waals surface area contributed by atoms with E-state index in [9.17, 15) is 0 Å². The molecule has 1 aromatic carbocycles. The number of anilines is 1. The van der Waals surface area contributed by atoms with Gasteiger partial charge < -0.3 is 10.6 Å². The molecule has 1 atom stereocenters. The zero-order chi connectivity index (χ0) is 12.4. The highest BCUT2D eigenvalue weighted by Gasteiger charge is 2.14. The summed E-state index contributed by atoms with van der Waals surface area (Å²) in [5.41, 5.74) is 0. The Morgan fingerprint density at radius 1 is 1.28 bits per heavy atom. The van der Waals surface area contributed by atoms with Gasteiger partial charge in [-0.1, -0.05) is 28.1 Å². The molecule has 1 aromatic heterocycles. The van der Waals surface area contributed by atoms with E-state index in [0.717, 1.165) is 23.4 Å². The van der Waals surface area contributed by atoms with Crippen molar-refractivity contribution < 1.29 is 0 Å². The first-order chi connectivity index (χ1) is 8.84. The minimum Gasteiger partial charge on any atom is -0.366 e. The molecule has 0 spiro atoms. The van der Waals surface area contributed by atoms with Crippen LogP contribution in [0.25, 0.3) is 10.8 Å². The van der Waals surface area contributed by atoms with Gasteiger partial charge in [0.1, 0.15) is 5.82 Å².